The van der Waals surface area contributed by atoms with E-state index in [0.717, 1.165) is 16.5 Å². The van der Waals surface area contributed by atoms with E-state index in [0.29, 0.717) is 18.0 Å². The van der Waals surface area contributed by atoms with E-state index in [4.69, 9.17) is 5.73 Å². The minimum Gasteiger partial charge on any atom is -0.346 e. The molecule has 0 fully saturated rings. The van der Waals surface area contributed by atoms with E-state index in [9.17, 15) is 4.79 Å². The first-order valence-electron chi connectivity index (χ1n) is 6.56. The third-order valence-electron chi connectivity index (χ3n) is 3.16. The average molecular weight is 364 g/mol. The maximum atomic E-state index is 12.4. The minimum absolute atomic E-state index is 0. The highest BCUT2D eigenvalue weighted by atomic mass is 79.9. The fourth-order valence-corrected chi connectivity index (χ4v) is 2.79. The predicted molar refractivity (Wildman–Crippen MR) is 90.5 cm³/mol. The van der Waals surface area contributed by atoms with Crippen molar-refractivity contribution < 1.29 is 4.79 Å². The molecule has 3 nitrogen and oxygen atoms in total. The Morgan fingerprint density at radius 3 is 2.50 bits per heavy atom. The molecule has 0 saturated carbocycles. The van der Waals surface area contributed by atoms with Crippen molar-refractivity contribution in [2.24, 2.45) is 11.7 Å². The number of aryl methyl sites for hydroxylation is 1. The number of amides is 1. The van der Waals surface area contributed by atoms with Gasteiger partial charge in [-0.25, -0.2) is 0 Å². The Labute approximate surface area is 136 Å². The van der Waals surface area contributed by atoms with Crippen LogP contribution in [0.25, 0.3) is 0 Å². The molecule has 5 heteroatoms. The highest BCUT2D eigenvalue weighted by Gasteiger charge is 2.26. The molecule has 114 valence electrons. The molecule has 0 aliphatic rings. The summed E-state index contributed by atoms with van der Waals surface area (Å²) in [4.78, 5) is 12.4. The summed E-state index contributed by atoms with van der Waals surface area (Å²) in [7, 11) is 0. The van der Waals surface area contributed by atoms with Crippen LogP contribution in [0.5, 0.6) is 0 Å². The molecule has 0 bridgehead atoms. The lowest BCUT2D eigenvalue weighted by Gasteiger charge is -2.31. The van der Waals surface area contributed by atoms with Gasteiger partial charge in [-0.2, -0.15) is 0 Å². The normalized spacial score (nSPS) is 13.6. The Morgan fingerprint density at radius 1 is 1.45 bits per heavy atom. The van der Waals surface area contributed by atoms with E-state index in [-0.39, 0.29) is 23.9 Å². The molecular weight excluding hydrogens is 340 g/mol. The molecule has 0 aliphatic heterocycles. The molecule has 1 aromatic carbocycles. The van der Waals surface area contributed by atoms with Crippen molar-refractivity contribution in [1.29, 1.82) is 0 Å². The zero-order valence-corrected chi connectivity index (χ0v) is 14.9. The molecular formula is C15H24BrClN2O. The van der Waals surface area contributed by atoms with Crippen LogP contribution in [0.1, 0.15) is 43.1 Å². The zero-order chi connectivity index (χ0) is 14.6. The number of carbonyl (C=O) groups is 1. The van der Waals surface area contributed by atoms with Gasteiger partial charge in [-0.1, -0.05) is 29.8 Å². The van der Waals surface area contributed by atoms with Gasteiger partial charge in [0, 0.05) is 22.1 Å². The quantitative estimate of drug-likeness (QED) is 0.838. The summed E-state index contributed by atoms with van der Waals surface area (Å²) in [5, 5.41) is 3.07. The number of rotatable bonds is 5. The Balaban J connectivity index is 0.00000361. The highest BCUT2D eigenvalue weighted by Crippen LogP contribution is 2.19. The molecule has 1 rings (SSSR count). The Morgan fingerprint density at radius 2 is 2.05 bits per heavy atom. The van der Waals surface area contributed by atoms with E-state index in [1.54, 1.807) is 0 Å². The predicted octanol–water partition coefficient (Wildman–Crippen LogP) is 3.67. The van der Waals surface area contributed by atoms with Gasteiger partial charge in [0.2, 0.25) is 0 Å². The van der Waals surface area contributed by atoms with E-state index in [2.05, 4.69) is 35.1 Å². The van der Waals surface area contributed by atoms with Crippen molar-refractivity contribution in [2.45, 2.75) is 39.7 Å². The van der Waals surface area contributed by atoms with Gasteiger partial charge in [-0.05, 0) is 49.9 Å². The summed E-state index contributed by atoms with van der Waals surface area (Å²) in [6.07, 6.45) is 0.866. The third-order valence-corrected chi connectivity index (χ3v) is 3.65. The Hall–Kier alpha value is -0.580. The monoisotopic (exact) mass is 362 g/mol. The number of hydrogen-bond acceptors (Lipinski definition) is 2. The highest BCUT2D eigenvalue weighted by molar-refractivity contribution is 9.10. The van der Waals surface area contributed by atoms with Crippen molar-refractivity contribution in [3.63, 3.8) is 0 Å². The lowest BCUT2D eigenvalue weighted by atomic mass is 9.90. The van der Waals surface area contributed by atoms with Gasteiger partial charge < -0.3 is 11.1 Å². The second-order valence-electron chi connectivity index (χ2n) is 5.78. The molecule has 1 atom stereocenters. The second-order valence-corrected chi connectivity index (χ2v) is 6.69. The van der Waals surface area contributed by atoms with Gasteiger partial charge >= 0.3 is 0 Å². The van der Waals surface area contributed by atoms with Crippen LogP contribution in [-0.4, -0.2) is 18.0 Å². The zero-order valence-electron chi connectivity index (χ0n) is 12.5. The first-order chi connectivity index (χ1) is 8.77. The Bertz CT molecular complexity index is 465. The number of halogens is 2. The molecule has 1 unspecified atom stereocenters. The molecule has 1 amide bonds. The smallest absolute Gasteiger partial charge is 0.252 e. The van der Waals surface area contributed by atoms with Crippen LogP contribution < -0.4 is 11.1 Å². The topological polar surface area (TPSA) is 55.1 Å². The summed E-state index contributed by atoms with van der Waals surface area (Å²) in [5.74, 6) is 0.429. The van der Waals surface area contributed by atoms with Crippen LogP contribution in [-0.2, 0) is 0 Å². The Kier molecular flexibility index (Phi) is 7.78. The molecule has 20 heavy (non-hydrogen) atoms. The lowest BCUT2D eigenvalue weighted by Crippen LogP contribution is -2.52. The van der Waals surface area contributed by atoms with Crippen molar-refractivity contribution in [3.05, 3.63) is 33.8 Å². The third kappa shape index (κ3) is 5.43. The molecule has 0 aliphatic carbocycles. The van der Waals surface area contributed by atoms with Gasteiger partial charge in [-0.15, -0.1) is 12.4 Å². The SMILES string of the molecule is Cc1cc(Br)ccc1C(=O)NC(C)(CN)CC(C)C.Cl. The van der Waals surface area contributed by atoms with Crippen LogP contribution in [0, 0.1) is 12.8 Å². The molecule has 0 heterocycles. The summed E-state index contributed by atoms with van der Waals surface area (Å²) in [6, 6.07) is 5.66. The van der Waals surface area contributed by atoms with Crippen LogP contribution >= 0.6 is 28.3 Å². The molecule has 1 aromatic rings. The average Bonchev–Trinajstić information content (AvgIpc) is 2.27. The van der Waals surface area contributed by atoms with Gasteiger partial charge in [0.05, 0.1) is 0 Å². The number of hydrogen-bond donors (Lipinski definition) is 2. The summed E-state index contributed by atoms with van der Waals surface area (Å²) < 4.78 is 0.977. The summed E-state index contributed by atoms with van der Waals surface area (Å²) in [5.41, 5.74) is 7.12. The van der Waals surface area contributed by atoms with Crippen molar-refractivity contribution in [3.8, 4) is 0 Å². The van der Waals surface area contributed by atoms with Crippen LogP contribution in [0.15, 0.2) is 22.7 Å². The van der Waals surface area contributed by atoms with Crippen LogP contribution in [0.4, 0.5) is 0 Å². The van der Waals surface area contributed by atoms with Crippen molar-refractivity contribution in [2.75, 3.05) is 6.54 Å². The van der Waals surface area contributed by atoms with E-state index >= 15 is 0 Å². The molecule has 0 saturated heterocycles. The number of nitrogens with two attached hydrogens (primary N) is 1. The van der Waals surface area contributed by atoms with Crippen molar-refractivity contribution in [1.82, 2.24) is 5.32 Å². The molecule has 0 aromatic heterocycles. The van der Waals surface area contributed by atoms with Crippen LogP contribution in [0.3, 0.4) is 0 Å². The standard InChI is InChI=1S/C15H23BrN2O.ClH/c1-10(2)8-15(4,9-17)18-14(19)13-6-5-12(16)7-11(13)3;/h5-7,10H,8-9,17H2,1-4H3,(H,18,19);1H. The van der Waals surface area contributed by atoms with Gasteiger partial charge in [-0.3, -0.25) is 4.79 Å². The fourth-order valence-electron chi connectivity index (χ4n) is 2.31. The maximum Gasteiger partial charge on any atom is 0.252 e. The minimum atomic E-state index is -0.356. The molecule has 0 spiro atoms. The van der Waals surface area contributed by atoms with E-state index in [1.807, 2.05) is 32.0 Å². The lowest BCUT2D eigenvalue weighted by molar-refractivity contribution is 0.0897. The van der Waals surface area contributed by atoms with E-state index in [1.165, 1.54) is 0 Å². The first-order valence-corrected chi connectivity index (χ1v) is 7.35. The number of carbonyl (C=O) groups excluding carboxylic acids is 1. The maximum absolute atomic E-state index is 12.4. The largest absolute Gasteiger partial charge is 0.346 e. The molecule has 3 N–H and O–H groups in total. The summed E-state index contributed by atoms with van der Waals surface area (Å²) in [6.45, 7) is 8.63. The van der Waals surface area contributed by atoms with Gasteiger partial charge in [0.1, 0.15) is 0 Å². The van der Waals surface area contributed by atoms with Crippen molar-refractivity contribution >= 4 is 34.2 Å². The van der Waals surface area contributed by atoms with Gasteiger partial charge in [0.25, 0.3) is 5.91 Å². The molecule has 0 radical (unpaired) electrons. The van der Waals surface area contributed by atoms with Gasteiger partial charge in [0.15, 0.2) is 0 Å². The summed E-state index contributed by atoms with van der Waals surface area (Å²) >= 11 is 3.40. The first kappa shape index (κ1) is 19.4. The van der Waals surface area contributed by atoms with Crippen LogP contribution in [0.2, 0.25) is 0 Å². The number of nitrogens with one attached hydrogen (secondary N) is 1. The van der Waals surface area contributed by atoms with E-state index < -0.39 is 0 Å². The second kappa shape index (κ2) is 8.01. The number of benzene rings is 1. The fraction of sp³-hybridized carbons (Fsp3) is 0.533.